The van der Waals surface area contributed by atoms with E-state index in [2.05, 4.69) is 34.1 Å². The molecule has 2 heterocycles. The van der Waals surface area contributed by atoms with Crippen LogP contribution in [-0.2, 0) is 16.1 Å². The van der Waals surface area contributed by atoms with Gasteiger partial charge in [-0.3, -0.25) is 19.4 Å². The van der Waals surface area contributed by atoms with Crippen molar-refractivity contribution in [3.8, 4) is 0 Å². The third-order valence-electron chi connectivity index (χ3n) is 5.72. The average Bonchev–Trinajstić information content (AvgIpc) is 2.67. The van der Waals surface area contributed by atoms with Gasteiger partial charge in [-0.1, -0.05) is 30.3 Å². The van der Waals surface area contributed by atoms with Gasteiger partial charge in [0.1, 0.15) is 0 Å². The van der Waals surface area contributed by atoms with Gasteiger partial charge in [0.05, 0.1) is 6.54 Å². The van der Waals surface area contributed by atoms with Gasteiger partial charge in [-0.2, -0.15) is 0 Å². The zero-order valence-electron chi connectivity index (χ0n) is 16.2. The van der Waals surface area contributed by atoms with E-state index in [9.17, 15) is 9.59 Å². The Balaban J connectivity index is 1.36. The summed E-state index contributed by atoms with van der Waals surface area (Å²) < 4.78 is 0. The number of benzene rings is 1. The maximum absolute atomic E-state index is 12.6. The minimum atomic E-state index is -0.264. The molecular formula is C21H32N4O2. The van der Waals surface area contributed by atoms with E-state index >= 15 is 0 Å². The minimum Gasteiger partial charge on any atom is -0.369 e. The topological polar surface area (TPSA) is 69.9 Å². The van der Waals surface area contributed by atoms with Gasteiger partial charge in [0.25, 0.3) is 0 Å². The summed E-state index contributed by atoms with van der Waals surface area (Å²) >= 11 is 0. The maximum Gasteiger partial charge on any atom is 0.231 e. The molecule has 2 fully saturated rings. The largest absolute Gasteiger partial charge is 0.369 e. The van der Waals surface area contributed by atoms with E-state index in [0.717, 1.165) is 65.1 Å². The minimum absolute atomic E-state index is 0.264. The van der Waals surface area contributed by atoms with E-state index in [1.165, 1.54) is 5.56 Å². The van der Waals surface area contributed by atoms with Gasteiger partial charge in [0.15, 0.2) is 0 Å². The van der Waals surface area contributed by atoms with Crippen molar-refractivity contribution >= 4 is 11.8 Å². The highest BCUT2D eigenvalue weighted by Gasteiger charge is 2.24. The lowest BCUT2D eigenvalue weighted by Gasteiger charge is -2.35. The van der Waals surface area contributed by atoms with E-state index < -0.39 is 0 Å². The van der Waals surface area contributed by atoms with Gasteiger partial charge in [0, 0.05) is 45.7 Å². The van der Waals surface area contributed by atoms with Crippen LogP contribution in [0.4, 0.5) is 0 Å². The third kappa shape index (κ3) is 6.33. The fraction of sp³-hybridized carbons (Fsp3) is 0.619. The first-order valence-corrected chi connectivity index (χ1v) is 10.1. The van der Waals surface area contributed by atoms with Crippen molar-refractivity contribution in [3.05, 3.63) is 35.9 Å². The second-order valence-corrected chi connectivity index (χ2v) is 7.89. The molecule has 1 unspecified atom stereocenters. The van der Waals surface area contributed by atoms with E-state index in [-0.39, 0.29) is 11.8 Å². The van der Waals surface area contributed by atoms with Gasteiger partial charge >= 0.3 is 0 Å². The standard InChI is InChI=1S/C21H32N4O2/c22-20(26)17-24-10-4-7-19(16-24)8-9-21(27)25-13-11-23(12-14-25)15-18-5-2-1-3-6-18/h1-3,5-6,19H,4,7-17H2,(H2,22,26). The first-order chi connectivity index (χ1) is 13.1. The number of piperazine rings is 1. The zero-order chi connectivity index (χ0) is 19.1. The predicted molar refractivity (Wildman–Crippen MR) is 106 cm³/mol. The Bertz CT molecular complexity index is 614. The normalized spacial score (nSPS) is 21.9. The highest BCUT2D eigenvalue weighted by molar-refractivity contribution is 5.76. The summed E-state index contributed by atoms with van der Waals surface area (Å²) in [6.07, 6.45) is 3.77. The smallest absolute Gasteiger partial charge is 0.231 e. The Labute approximate surface area is 162 Å². The highest BCUT2D eigenvalue weighted by atomic mass is 16.2. The van der Waals surface area contributed by atoms with E-state index in [4.69, 9.17) is 5.73 Å². The fourth-order valence-corrected chi connectivity index (χ4v) is 4.23. The number of carbonyl (C=O) groups excluding carboxylic acids is 2. The number of nitrogens with two attached hydrogens (primary N) is 1. The Morgan fingerprint density at radius 2 is 1.74 bits per heavy atom. The lowest BCUT2D eigenvalue weighted by molar-refractivity contribution is -0.133. The van der Waals surface area contributed by atoms with Crippen LogP contribution in [0, 0.1) is 5.92 Å². The molecule has 1 aromatic rings. The molecule has 0 aliphatic carbocycles. The first kappa shape index (κ1) is 19.8. The average molecular weight is 373 g/mol. The maximum atomic E-state index is 12.6. The van der Waals surface area contributed by atoms with E-state index in [0.29, 0.717) is 18.9 Å². The van der Waals surface area contributed by atoms with Crippen LogP contribution in [0.2, 0.25) is 0 Å². The Hall–Kier alpha value is -1.92. The van der Waals surface area contributed by atoms with Crippen LogP contribution in [0.25, 0.3) is 0 Å². The molecule has 1 atom stereocenters. The Morgan fingerprint density at radius 1 is 1.00 bits per heavy atom. The molecule has 0 aromatic heterocycles. The van der Waals surface area contributed by atoms with Crippen LogP contribution in [0.1, 0.15) is 31.2 Å². The van der Waals surface area contributed by atoms with Gasteiger partial charge in [0.2, 0.25) is 11.8 Å². The Kier molecular flexibility index (Phi) is 7.24. The number of amides is 2. The molecule has 2 aliphatic heterocycles. The van der Waals surface area contributed by atoms with E-state index in [1.54, 1.807) is 0 Å². The molecule has 2 N–H and O–H groups in total. The van der Waals surface area contributed by atoms with Crippen molar-refractivity contribution in [2.45, 2.75) is 32.2 Å². The second kappa shape index (κ2) is 9.85. The van der Waals surface area contributed by atoms with Crippen LogP contribution in [0.3, 0.4) is 0 Å². The van der Waals surface area contributed by atoms with Gasteiger partial charge in [-0.05, 0) is 37.3 Å². The van der Waals surface area contributed by atoms with Gasteiger partial charge < -0.3 is 10.6 Å². The van der Waals surface area contributed by atoms with Crippen LogP contribution in [0.5, 0.6) is 0 Å². The number of nitrogens with zero attached hydrogens (tertiary/aromatic N) is 3. The molecule has 6 nitrogen and oxygen atoms in total. The number of carbonyl (C=O) groups is 2. The van der Waals surface area contributed by atoms with Crippen molar-refractivity contribution in [3.63, 3.8) is 0 Å². The molecule has 2 aliphatic rings. The number of piperidine rings is 1. The third-order valence-corrected chi connectivity index (χ3v) is 5.72. The monoisotopic (exact) mass is 372 g/mol. The van der Waals surface area contributed by atoms with Crippen LogP contribution in [-0.4, -0.2) is 72.3 Å². The molecule has 27 heavy (non-hydrogen) atoms. The predicted octanol–water partition coefficient (Wildman–Crippen LogP) is 1.31. The number of hydrogen-bond donors (Lipinski definition) is 1. The van der Waals surface area contributed by atoms with Crippen LogP contribution >= 0.6 is 0 Å². The molecule has 3 rings (SSSR count). The summed E-state index contributed by atoms with van der Waals surface area (Å²) in [7, 11) is 0. The molecule has 1 aromatic carbocycles. The molecule has 2 saturated heterocycles. The van der Waals surface area contributed by atoms with Crippen LogP contribution in [0.15, 0.2) is 30.3 Å². The van der Waals surface area contributed by atoms with Crippen molar-refractivity contribution in [1.82, 2.24) is 14.7 Å². The summed E-state index contributed by atoms with van der Waals surface area (Å²) in [5, 5.41) is 0. The number of hydrogen-bond acceptors (Lipinski definition) is 4. The second-order valence-electron chi connectivity index (χ2n) is 7.89. The molecule has 0 saturated carbocycles. The zero-order valence-corrected chi connectivity index (χ0v) is 16.2. The summed E-state index contributed by atoms with van der Waals surface area (Å²) in [6.45, 7) is 6.66. The fourth-order valence-electron chi connectivity index (χ4n) is 4.23. The summed E-state index contributed by atoms with van der Waals surface area (Å²) in [4.78, 5) is 30.3. The molecule has 0 radical (unpaired) electrons. The summed E-state index contributed by atoms with van der Waals surface area (Å²) in [5.74, 6) is 0.517. The summed E-state index contributed by atoms with van der Waals surface area (Å²) in [5.41, 5.74) is 6.63. The Morgan fingerprint density at radius 3 is 2.44 bits per heavy atom. The molecule has 148 valence electrons. The quantitative estimate of drug-likeness (QED) is 0.783. The lowest BCUT2D eigenvalue weighted by Crippen LogP contribution is -2.48. The van der Waals surface area contributed by atoms with Crippen molar-refractivity contribution < 1.29 is 9.59 Å². The number of rotatable bonds is 7. The first-order valence-electron chi connectivity index (χ1n) is 10.1. The summed E-state index contributed by atoms with van der Waals surface area (Å²) in [6, 6.07) is 10.5. The SMILES string of the molecule is NC(=O)CN1CCCC(CCC(=O)N2CCN(Cc3ccccc3)CC2)C1. The molecule has 2 amide bonds. The number of likely N-dealkylation sites (tertiary alicyclic amines) is 1. The molecular weight excluding hydrogens is 340 g/mol. The van der Waals surface area contributed by atoms with Gasteiger partial charge in [-0.15, -0.1) is 0 Å². The van der Waals surface area contributed by atoms with E-state index in [1.807, 2.05) is 11.0 Å². The van der Waals surface area contributed by atoms with Crippen molar-refractivity contribution in [2.75, 3.05) is 45.8 Å². The highest BCUT2D eigenvalue weighted by Crippen LogP contribution is 2.21. The van der Waals surface area contributed by atoms with Crippen molar-refractivity contribution in [1.29, 1.82) is 0 Å². The molecule has 6 heteroatoms. The van der Waals surface area contributed by atoms with Gasteiger partial charge in [-0.25, -0.2) is 0 Å². The lowest BCUT2D eigenvalue weighted by atomic mass is 9.93. The van der Waals surface area contributed by atoms with Crippen LogP contribution < -0.4 is 5.73 Å². The number of primary amides is 1. The van der Waals surface area contributed by atoms with Crippen molar-refractivity contribution in [2.24, 2.45) is 11.7 Å². The molecule has 0 bridgehead atoms. The molecule has 0 spiro atoms.